The molecule has 0 saturated carbocycles. The van der Waals surface area contributed by atoms with Crippen molar-refractivity contribution in [3.8, 4) is 0 Å². The van der Waals surface area contributed by atoms with E-state index in [1.165, 1.54) is 5.56 Å². The SMILES string of the molecule is Cc1ccc([C@@H](C)NC(=O)CNC(C)(C)C)cc1. The van der Waals surface area contributed by atoms with Gasteiger partial charge in [0, 0.05) is 5.54 Å². The predicted octanol–water partition coefficient (Wildman–Crippen LogP) is 2.56. The van der Waals surface area contributed by atoms with Crippen LogP contribution < -0.4 is 10.6 Å². The fraction of sp³-hybridized carbons (Fsp3) is 0.533. The van der Waals surface area contributed by atoms with Crippen LogP contribution in [0, 0.1) is 6.92 Å². The minimum Gasteiger partial charge on any atom is -0.348 e. The van der Waals surface area contributed by atoms with E-state index in [4.69, 9.17) is 0 Å². The summed E-state index contributed by atoms with van der Waals surface area (Å²) in [5.41, 5.74) is 2.32. The van der Waals surface area contributed by atoms with E-state index >= 15 is 0 Å². The van der Waals surface area contributed by atoms with Gasteiger partial charge in [0.05, 0.1) is 12.6 Å². The van der Waals surface area contributed by atoms with Crippen LogP contribution in [0.25, 0.3) is 0 Å². The van der Waals surface area contributed by atoms with E-state index in [-0.39, 0.29) is 17.5 Å². The van der Waals surface area contributed by atoms with Gasteiger partial charge in [0.25, 0.3) is 0 Å². The van der Waals surface area contributed by atoms with Crippen molar-refractivity contribution >= 4 is 5.91 Å². The van der Waals surface area contributed by atoms with E-state index in [1.54, 1.807) is 0 Å². The summed E-state index contributed by atoms with van der Waals surface area (Å²) in [7, 11) is 0. The van der Waals surface area contributed by atoms with Crippen LogP contribution in [0.15, 0.2) is 24.3 Å². The molecule has 18 heavy (non-hydrogen) atoms. The molecule has 1 amide bonds. The van der Waals surface area contributed by atoms with Crippen molar-refractivity contribution in [3.63, 3.8) is 0 Å². The molecule has 0 aliphatic carbocycles. The van der Waals surface area contributed by atoms with Crippen molar-refractivity contribution in [2.45, 2.75) is 46.2 Å². The van der Waals surface area contributed by atoms with Crippen molar-refractivity contribution in [1.29, 1.82) is 0 Å². The Morgan fingerprint density at radius 1 is 1.22 bits per heavy atom. The molecule has 0 aromatic heterocycles. The van der Waals surface area contributed by atoms with Gasteiger partial charge in [-0.3, -0.25) is 4.79 Å². The van der Waals surface area contributed by atoms with Crippen molar-refractivity contribution in [1.82, 2.24) is 10.6 Å². The number of benzene rings is 1. The minimum atomic E-state index is -0.0373. The van der Waals surface area contributed by atoms with E-state index in [0.29, 0.717) is 6.54 Å². The Morgan fingerprint density at radius 2 is 1.78 bits per heavy atom. The van der Waals surface area contributed by atoms with Crippen LogP contribution in [-0.4, -0.2) is 18.0 Å². The van der Waals surface area contributed by atoms with Gasteiger partial charge >= 0.3 is 0 Å². The van der Waals surface area contributed by atoms with E-state index in [0.717, 1.165) is 5.56 Å². The number of hydrogen-bond acceptors (Lipinski definition) is 2. The standard InChI is InChI=1S/C15H24N2O/c1-11-6-8-13(9-7-11)12(2)17-14(18)10-16-15(3,4)5/h6-9,12,16H,10H2,1-5H3,(H,17,18)/t12-/m1/s1. The number of hydrogen-bond donors (Lipinski definition) is 2. The summed E-state index contributed by atoms with van der Waals surface area (Å²) in [5.74, 6) is 0.0259. The summed E-state index contributed by atoms with van der Waals surface area (Å²) in [4.78, 5) is 11.8. The van der Waals surface area contributed by atoms with Gasteiger partial charge in [-0.25, -0.2) is 0 Å². The molecule has 0 fully saturated rings. The number of amides is 1. The van der Waals surface area contributed by atoms with Crippen molar-refractivity contribution in [3.05, 3.63) is 35.4 Å². The van der Waals surface area contributed by atoms with Crippen molar-refractivity contribution in [2.75, 3.05) is 6.54 Å². The molecule has 1 atom stereocenters. The van der Waals surface area contributed by atoms with Crippen LogP contribution in [0.4, 0.5) is 0 Å². The maximum atomic E-state index is 11.8. The predicted molar refractivity (Wildman–Crippen MR) is 75.5 cm³/mol. The average molecular weight is 248 g/mol. The second kappa shape index (κ2) is 6.01. The zero-order valence-electron chi connectivity index (χ0n) is 12.0. The monoisotopic (exact) mass is 248 g/mol. The molecule has 0 unspecified atom stereocenters. The first-order valence-electron chi connectivity index (χ1n) is 6.39. The molecule has 1 rings (SSSR count). The normalized spacial score (nSPS) is 13.2. The van der Waals surface area contributed by atoms with E-state index in [2.05, 4.69) is 41.8 Å². The highest BCUT2D eigenvalue weighted by atomic mass is 16.1. The lowest BCUT2D eigenvalue weighted by Crippen LogP contribution is -2.43. The van der Waals surface area contributed by atoms with Gasteiger partial charge in [0.15, 0.2) is 0 Å². The summed E-state index contributed by atoms with van der Waals surface area (Å²) in [6, 6.07) is 8.27. The van der Waals surface area contributed by atoms with Gasteiger partial charge in [-0.15, -0.1) is 0 Å². The summed E-state index contributed by atoms with van der Waals surface area (Å²) >= 11 is 0. The number of carbonyl (C=O) groups is 1. The summed E-state index contributed by atoms with van der Waals surface area (Å²) in [6.45, 7) is 10.5. The van der Waals surface area contributed by atoms with Crippen molar-refractivity contribution < 1.29 is 4.79 Å². The Bertz CT molecular complexity index is 390. The second-order valence-electron chi connectivity index (χ2n) is 5.80. The number of aryl methyl sites for hydroxylation is 1. The molecule has 0 spiro atoms. The van der Waals surface area contributed by atoms with Crippen LogP contribution in [0.3, 0.4) is 0 Å². The molecule has 1 aromatic carbocycles. The first kappa shape index (κ1) is 14.7. The highest BCUT2D eigenvalue weighted by molar-refractivity contribution is 5.78. The Balaban J connectivity index is 2.47. The Hall–Kier alpha value is -1.35. The van der Waals surface area contributed by atoms with Crippen LogP contribution in [0.1, 0.15) is 44.9 Å². The molecule has 100 valence electrons. The summed E-state index contributed by atoms with van der Waals surface area (Å²) < 4.78 is 0. The number of carbonyl (C=O) groups excluding carboxylic acids is 1. The molecule has 0 bridgehead atoms. The zero-order chi connectivity index (χ0) is 13.8. The molecule has 3 nitrogen and oxygen atoms in total. The fourth-order valence-electron chi connectivity index (χ4n) is 1.58. The molecular weight excluding hydrogens is 224 g/mol. The lowest BCUT2D eigenvalue weighted by molar-refractivity contribution is -0.121. The molecule has 0 aliphatic heterocycles. The molecule has 0 aliphatic rings. The van der Waals surface area contributed by atoms with E-state index < -0.39 is 0 Å². The second-order valence-corrected chi connectivity index (χ2v) is 5.80. The van der Waals surface area contributed by atoms with Crippen LogP contribution in [-0.2, 0) is 4.79 Å². The quantitative estimate of drug-likeness (QED) is 0.860. The van der Waals surface area contributed by atoms with Gasteiger partial charge in [0.1, 0.15) is 0 Å². The topological polar surface area (TPSA) is 41.1 Å². The third-order valence-corrected chi connectivity index (χ3v) is 2.73. The maximum absolute atomic E-state index is 11.8. The lowest BCUT2D eigenvalue weighted by atomic mass is 10.1. The molecule has 0 heterocycles. The summed E-state index contributed by atoms with van der Waals surface area (Å²) in [6.07, 6.45) is 0. The minimum absolute atomic E-state index is 0.0259. The largest absolute Gasteiger partial charge is 0.348 e. The van der Waals surface area contributed by atoms with E-state index in [1.807, 2.05) is 27.7 Å². The average Bonchev–Trinajstić information content (AvgIpc) is 2.26. The van der Waals surface area contributed by atoms with Gasteiger partial charge in [-0.2, -0.15) is 0 Å². The van der Waals surface area contributed by atoms with Gasteiger partial charge in [0.2, 0.25) is 5.91 Å². The number of nitrogens with one attached hydrogen (secondary N) is 2. The molecule has 1 aromatic rings. The zero-order valence-corrected chi connectivity index (χ0v) is 12.0. The molecular formula is C15H24N2O. The highest BCUT2D eigenvalue weighted by Gasteiger charge is 2.13. The first-order valence-corrected chi connectivity index (χ1v) is 6.39. The smallest absolute Gasteiger partial charge is 0.234 e. The molecule has 3 heteroatoms. The lowest BCUT2D eigenvalue weighted by Gasteiger charge is -2.21. The first-order chi connectivity index (χ1) is 8.28. The van der Waals surface area contributed by atoms with Crippen LogP contribution in [0.2, 0.25) is 0 Å². The van der Waals surface area contributed by atoms with Gasteiger partial charge in [-0.05, 0) is 40.2 Å². The molecule has 2 N–H and O–H groups in total. The van der Waals surface area contributed by atoms with E-state index in [9.17, 15) is 4.79 Å². The Kier molecular flexibility index (Phi) is 4.91. The third kappa shape index (κ3) is 5.32. The van der Waals surface area contributed by atoms with Crippen LogP contribution in [0.5, 0.6) is 0 Å². The maximum Gasteiger partial charge on any atom is 0.234 e. The molecule has 0 radical (unpaired) electrons. The Labute approximate surface area is 110 Å². The fourth-order valence-corrected chi connectivity index (χ4v) is 1.58. The molecule has 0 saturated heterocycles. The van der Waals surface area contributed by atoms with Gasteiger partial charge < -0.3 is 10.6 Å². The Morgan fingerprint density at radius 3 is 2.28 bits per heavy atom. The van der Waals surface area contributed by atoms with Gasteiger partial charge in [-0.1, -0.05) is 29.8 Å². The highest BCUT2D eigenvalue weighted by Crippen LogP contribution is 2.12. The van der Waals surface area contributed by atoms with Crippen LogP contribution >= 0.6 is 0 Å². The summed E-state index contributed by atoms with van der Waals surface area (Å²) in [5, 5.41) is 6.16. The number of rotatable bonds is 4. The van der Waals surface area contributed by atoms with Crippen molar-refractivity contribution in [2.24, 2.45) is 0 Å². The third-order valence-electron chi connectivity index (χ3n) is 2.73.